The van der Waals surface area contributed by atoms with Crippen molar-refractivity contribution in [2.75, 3.05) is 23.3 Å². The second-order valence-electron chi connectivity index (χ2n) is 9.48. The minimum Gasteiger partial charge on any atom is -0.460 e. The monoisotopic (exact) mass is 465 g/mol. The highest BCUT2D eigenvalue weighted by Gasteiger charge is 2.25. The fraction of sp³-hybridized carbons (Fsp3) is 0.440. The van der Waals surface area contributed by atoms with Gasteiger partial charge in [-0.25, -0.2) is 15.0 Å². The number of esters is 1. The largest absolute Gasteiger partial charge is 0.460 e. The SMILES string of the molecule is Cc1ccnc(Nc2cccc(-c3cnc(N4CCC(CC(=O)OC(C)(C)C)CC4)s3)n2)c1. The lowest BCUT2D eigenvalue weighted by atomic mass is 9.94. The van der Waals surface area contributed by atoms with E-state index in [4.69, 9.17) is 9.72 Å². The summed E-state index contributed by atoms with van der Waals surface area (Å²) in [6.07, 6.45) is 6.11. The molecule has 0 aromatic carbocycles. The summed E-state index contributed by atoms with van der Waals surface area (Å²) in [7, 11) is 0. The zero-order valence-electron chi connectivity index (χ0n) is 19.7. The lowest BCUT2D eigenvalue weighted by molar-refractivity contribution is -0.156. The molecule has 0 aliphatic carbocycles. The van der Waals surface area contributed by atoms with E-state index in [0.29, 0.717) is 12.3 Å². The first-order chi connectivity index (χ1) is 15.7. The number of ether oxygens (including phenoxy) is 1. The molecule has 0 amide bonds. The average molecular weight is 466 g/mol. The zero-order chi connectivity index (χ0) is 23.4. The Morgan fingerprint density at radius 3 is 2.70 bits per heavy atom. The van der Waals surface area contributed by atoms with Crippen LogP contribution >= 0.6 is 11.3 Å². The normalized spacial score (nSPS) is 14.8. The van der Waals surface area contributed by atoms with Crippen LogP contribution in [0.4, 0.5) is 16.8 Å². The summed E-state index contributed by atoms with van der Waals surface area (Å²) in [5.74, 6) is 1.80. The Hall–Kier alpha value is -3.00. The van der Waals surface area contributed by atoms with Crippen molar-refractivity contribution >= 4 is 34.1 Å². The summed E-state index contributed by atoms with van der Waals surface area (Å²) in [4.78, 5) is 29.2. The third kappa shape index (κ3) is 6.51. The van der Waals surface area contributed by atoms with Crippen LogP contribution in [0.3, 0.4) is 0 Å². The average Bonchev–Trinajstić information content (AvgIpc) is 3.23. The summed E-state index contributed by atoms with van der Waals surface area (Å²) in [6.45, 7) is 9.56. The Kier molecular flexibility index (Phi) is 6.93. The molecule has 4 heterocycles. The number of rotatable bonds is 6. The van der Waals surface area contributed by atoms with Crippen molar-refractivity contribution in [1.82, 2.24) is 15.0 Å². The van der Waals surface area contributed by atoms with Crippen molar-refractivity contribution in [3.05, 3.63) is 48.3 Å². The number of aryl methyl sites for hydroxylation is 1. The van der Waals surface area contributed by atoms with Gasteiger partial charge in [-0.15, -0.1) is 0 Å². The number of anilines is 3. The van der Waals surface area contributed by atoms with Gasteiger partial charge in [0.25, 0.3) is 0 Å². The number of pyridine rings is 2. The van der Waals surface area contributed by atoms with Crippen LogP contribution in [0.5, 0.6) is 0 Å². The number of aromatic nitrogens is 3. The molecule has 0 saturated carbocycles. The Morgan fingerprint density at radius 2 is 1.97 bits per heavy atom. The molecule has 33 heavy (non-hydrogen) atoms. The summed E-state index contributed by atoms with van der Waals surface area (Å²) in [6, 6.07) is 9.88. The Bertz CT molecular complexity index is 1100. The van der Waals surface area contributed by atoms with Crippen LogP contribution in [-0.2, 0) is 9.53 Å². The van der Waals surface area contributed by atoms with Crippen LogP contribution in [0.1, 0.15) is 45.6 Å². The molecule has 0 unspecified atom stereocenters. The van der Waals surface area contributed by atoms with E-state index in [1.165, 1.54) is 0 Å². The maximum atomic E-state index is 12.1. The predicted octanol–water partition coefficient (Wildman–Crippen LogP) is 5.60. The summed E-state index contributed by atoms with van der Waals surface area (Å²) in [5.41, 5.74) is 1.61. The third-order valence-corrected chi connectivity index (χ3v) is 6.51. The van der Waals surface area contributed by atoms with Gasteiger partial charge in [0.2, 0.25) is 0 Å². The summed E-state index contributed by atoms with van der Waals surface area (Å²) in [5, 5.41) is 4.27. The lowest BCUT2D eigenvalue weighted by Gasteiger charge is -2.31. The molecule has 174 valence electrons. The molecule has 1 fully saturated rings. The van der Waals surface area contributed by atoms with Gasteiger partial charge in [0.15, 0.2) is 5.13 Å². The molecule has 1 N–H and O–H groups in total. The highest BCUT2D eigenvalue weighted by Crippen LogP contribution is 2.33. The topological polar surface area (TPSA) is 80.2 Å². The molecular weight excluding hydrogens is 434 g/mol. The minimum absolute atomic E-state index is 0.0992. The number of hydrogen-bond acceptors (Lipinski definition) is 8. The molecule has 3 aromatic rings. The van der Waals surface area contributed by atoms with Crippen LogP contribution < -0.4 is 10.2 Å². The molecule has 0 atom stereocenters. The van der Waals surface area contributed by atoms with E-state index >= 15 is 0 Å². The van der Waals surface area contributed by atoms with Crippen LogP contribution in [-0.4, -0.2) is 39.6 Å². The van der Waals surface area contributed by atoms with E-state index in [2.05, 4.69) is 20.2 Å². The van der Waals surface area contributed by atoms with Crippen molar-refractivity contribution in [3.8, 4) is 10.6 Å². The van der Waals surface area contributed by atoms with E-state index < -0.39 is 5.60 Å². The second-order valence-corrected chi connectivity index (χ2v) is 10.5. The van der Waals surface area contributed by atoms with E-state index in [0.717, 1.165) is 58.8 Å². The summed E-state index contributed by atoms with van der Waals surface area (Å²) >= 11 is 1.65. The molecule has 3 aromatic heterocycles. The van der Waals surface area contributed by atoms with Gasteiger partial charge in [-0.3, -0.25) is 4.79 Å². The zero-order valence-corrected chi connectivity index (χ0v) is 20.5. The molecule has 0 bridgehead atoms. The molecule has 7 nitrogen and oxygen atoms in total. The first kappa shape index (κ1) is 23.2. The van der Waals surface area contributed by atoms with Crippen molar-refractivity contribution < 1.29 is 9.53 Å². The van der Waals surface area contributed by atoms with Crippen LogP contribution in [0.25, 0.3) is 10.6 Å². The number of carbonyl (C=O) groups is 1. The van der Waals surface area contributed by atoms with Gasteiger partial charge >= 0.3 is 5.97 Å². The van der Waals surface area contributed by atoms with Gasteiger partial charge in [-0.1, -0.05) is 17.4 Å². The van der Waals surface area contributed by atoms with E-state index in [9.17, 15) is 4.79 Å². The van der Waals surface area contributed by atoms with E-state index in [-0.39, 0.29) is 5.97 Å². The van der Waals surface area contributed by atoms with Crippen molar-refractivity contribution in [2.45, 2.75) is 52.6 Å². The van der Waals surface area contributed by atoms with Crippen LogP contribution in [0.2, 0.25) is 0 Å². The van der Waals surface area contributed by atoms with Crippen LogP contribution in [0.15, 0.2) is 42.7 Å². The van der Waals surface area contributed by atoms with Gasteiger partial charge in [-0.05, 0) is 76.3 Å². The number of nitrogens with zero attached hydrogens (tertiary/aromatic N) is 4. The first-order valence-electron chi connectivity index (χ1n) is 11.3. The highest BCUT2D eigenvalue weighted by atomic mass is 32.1. The van der Waals surface area contributed by atoms with Gasteiger partial charge in [0.1, 0.15) is 17.2 Å². The molecular formula is C25H31N5O2S. The van der Waals surface area contributed by atoms with Crippen molar-refractivity contribution in [1.29, 1.82) is 0 Å². The predicted molar refractivity (Wildman–Crippen MR) is 133 cm³/mol. The highest BCUT2D eigenvalue weighted by molar-refractivity contribution is 7.18. The number of piperidine rings is 1. The summed E-state index contributed by atoms with van der Waals surface area (Å²) < 4.78 is 5.48. The molecule has 1 saturated heterocycles. The third-order valence-electron chi connectivity index (χ3n) is 5.43. The van der Waals surface area contributed by atoms with E-state index in [1.54, 1.807) is 17.5 Å². The van der Waals surface area contributed by atoms with Crippen molar-refractivity contribution in [2.24, 2.45) is 5.92 Å². The first-order valence-corrected chi connectivity index (χ1v) is 12.2. The Labute approximate surface area is 199 Å². The van der Waals surface area contributed by atoms with Gasteiger partial charge in [-0.2, -0.15) is 0 Å². The molecule has 0 radical (unpaired) electrons. The molecule has 4 rings (SSSR count). The van der Waals surface area contributed by atoms with Crippen molar-refractivity contribution in [3.63, 3.8) is 0 Å². The van der Waals surface area contributed by atoms with Gasteiger partial charge in [0, 0.05) is 31.9 Å². The number of hydrogen-bond donors (Lipinski definition) is 1. The maximum absolute atomic E-state index is 12.1. The quantitative estimate of drug-likeness (QED) is 0.475. The standard InChI is InChI=1S/C25H31N5O2S/c1-17-8-11-26-22(14-17)29-21-7-5-6-19(28-21)20-16-27-24(33-20)30-12-9-18(10-13-30)15-23(31)32-25(2,3)4/h5-8,11,14,16,18H,9-10,12-13,15H2,1-4H3,(H,26,28,29). The van der Waals surface area contributed by atoms with E-state index in [1.807, 2.05) is 64.2 Å². The van der Waals surface area contributed by atoms with Crippen LogP contribution in [0, 0.1) is 12.8 Å². The fourth-order valence-electron chi connectivity index (χ4n) is 3.85. The second kappa shape index (κ2) is 9.87. The fourth-order valence-corrected chi connectivity index (χ4v) is 4.79. The minimum atomic E-state index is -0.424. The number of carbonyl (C=O) groups excluding carboxylic acids is 1. The smallest absolute Gasteiger partial charge is 0.306 e. The molecule has 1 aliphatic rings. The molecule has 0 spiro atoms. The Balaban J connectivity index is 1.35. The Morgan fingerprint density at radius 1 is 1.18 bits per heavy atom. The number of nitrogens with one attached hydrogen (secondary N) is 1. The van der Waals surface area contributed by atoms with Gasteiger partial charge in [0.05, 0.1) is 10.6 Å². The maximum Gasteiger partial charge on any atom is 0.306 e. The van der Waals surface area contributed by atoms with Gasteiger partial charge < -0.3 is 15.0 Å². The molecule has 1 aliphatic heterocycles. The lowest BCUT2D eigenvalue weighted by Crippen LogP contribution is -2.35. The molecule has 8 heteroatoms. The number of thiazole rings is 1.